The molecule has 2 saturated heterocycles. The van der Waals surface area contributed by atoms with Gasteiger partial charge < -0.3 is 14.2 Å². The van der Waals surface area contributed by atoms with Gasteiger partial charge in [-0.2, -0.15) is 0 Å². The van der Waals surface area contributed by atoms with Crippen LogP contribution in [0.25, 0.3) is 5.57 Å². The summed E-state index contributed by atoms with van der Waals surface area (Å²) in [6.45, 7) is 6.54. The van der Waals surface area contributed by atoms with Gasteiger partial charge in [-0.05, 0) is 112 Å². The van der Waals surface area contributed by atoms with E-state index in [0.717, 1.165) is 104 Å². The first-order chi connectivity index (χ1) is 18.6. The minimum atomic E-state index is -2.09. The Hall–Kier alpha value is -2.67. The zero-order chi connectivity index (χ0) is 25.5. The van der Waals surface area contributed by atoms with E-state index in [0.29, 0.717) is 10.9 Å². The van der Waals surface area contributed by atoms with E-state index in [1.54, 1.807) is 0 Å². The van der Waals surface area contributed by atoms with Crippen molar-refractivity contribution < 1.29 is 13.5 Å². The normalized spacial score (nSPS) is 24.6. The number of benzene rings is 2. The highest BCUT2D eigenvalue weighted by Crippen LogP contribution is 2.54. The maximum atomic E-state index is 12.7. The number of nitrogens with zero attached hydrogens (tertiary/aromatic N) is 2. The van der Waals surface area contributed by atoms with Gasteiger partial charge in [-0.25, -0.2) is 4.21 Å². The topological polar surface area (TPSA) is 53.0 Å². The van der Waals surface area contributed by atoms with Crippen LogP contribution in [0, 0.1) is 6.92 Å². The summed E-state index contributed by atoms with van der Waals surface area (Å²) in [5, 5.41) is 0. The highest BCUT2D eigenvalue weighted by Gasteiger charge is 2.42. The maximum absolute atomic E-state index is 12.7. The molecule has 6 aliphatic rings. The van der Waals surface area contributed by atoms with Crippen molar-refractivity contribution in [1.82, 2.24) is 4.90 Å². The predicted molar refractivity (Wildman–Crippen MR) is 151 cm³/mol. The Bertz CT molecular complexity index is 1510. The molecular formula is C32H34N2O3S. The number of allylic oxidation sites excluding steroid dienone is 1. The van der Waals surface area contributed by atoms with E-state index in [4.69, 9.17) is 4.74 Å². The summed E-state index contributed by atoms with van der Waals surface area (Å²) >= 11 is -2.09. The van der Waals surface area contributed by atoms with Crippen LogP contribution in [0.15, 0.2) is 57.7 Å². The van der Waals surface area contributed by atoms with Crippen LogP contribution >= 0.6 is 0 Å². The number of rotatable bonds is 2. The van der Waals surface area contributed by atoms with Crippen molar-refractivity contribution in [2.24, 2.45) is 0 Å². The SMILES string of the molecule is Cc1ccc(C2=C3C=C4CCCN5CCCC(=C3Oc3c2cc2c6c3CCCN6CCC2)C45)c(S(=O)O)c1. The van der Waals surface area contributed by atoms with E-state index in [9.17, 15) is 8.76 Å². The molecule has 0 bridgehead atoms. The van der Waals surface area contributed by atoms with Crippen molar-refractivity contribution in [3.8, 4) is 5.75 Å². The van der Waals surface area contributed by atoms with E-state index >= 15 is 0 Å². The van der Waals surface area contributed by atoms with Crippen LogP contribution in [-0.2, 0) is 23.9 Å². The van der Waals surface area contributed by atoms with Crippen LogP contribution in [0.1, 0.15) is 66.3 Å². The van der Waals surface area contributed by atoms with E-state index < -0.39 is 11.1 Å². The summed E-state index contributed by atoms with van der Waals surface area (Å²) in [7, 11) is 0. The van der Waals surface area contributed by atoms with Gasteiger partial charge in [0.2, 0.25) is 0 Å². The zero-order valence-electron chi connectivity index (χ0n) is 22.0. The minimum absolute atomic E-state index is 0.356. The average Bonchev–Trinajstić information content (AvgIpc) is 2.93. The third-order valence-electron chi connectivity index (χ3n) is 9.52. The van der Waals surface area contributed by atoms with Crippen molar-refractivity contribution in [2.75, 3.05) is 31.1 Å². The first-order valence-corrected chi connectivity index (χ1v) is 15.4. The third-order valence-corrected chi connectivity index (χ3v) is 10.2. The zero-order valence-corrected chi connectivity index (χ0v) is 22.8. The van der Waals surface area contributed by atoms with Crippen LogP contribution in [0.4, 0.5) is 5.69 Å². The molecule has 5 aliphatic heterocycles. The Kier molecular flexibility index (Phi) is 5.30. The molecule has 196 valence electrons. The fourth-order valence-corrected chi connectivity index (χ4v) is 8.70. The lowest BCUT2D eigenvalue weighted by atomic mass is 9.75. The molecule has 8 rings (SSSR count). The second-order valence-corrected chi connectivity index (χ2v) is 12.7. The second-order valence-electron chi connectivity index (χ2n) is 11.8. The number of piperidine rings is 2. The fourth-order valence-electron chi connectivity index (χ4n) is 8.05. The average molecular weight is 527 g/mol. The molecule has 2 aromatic rings. The molecular weight excluding hydrogens is 492 g/mol. The van der Waals surface area contributed by atoms with Crippen LogP contribution in [0.5, 0.6) is 5.75 Å². The Labute approximate surface area is 227 Å². The van der Waals surface area contributed by atoms with Gasteiger partial charge in [-0.3, -0.25) is 4.90 Å². The number of fused-ring (bicyclic) bond motifs is 3. The van der Waals surface area contributed by atoms with Crippen molar-refractivity contribution in [3.63, 3.8) is 0 Å². The standard InChI is InChI=1S/C32H34N2O3S/c1-19-10-11-22(27(16-19)38(35)36)28-25-17-20-6-2-12-33-14-4-8-23(29(20)33)31(25)37-32-24-9-5-15-34-13-3-7-21(30(24)34)18-26(28)32/h10-11,16-18,29H,2-9,12-15H2,1H3,(H,35,36). The number of aryl methyl sites for hydroxylation is 2. The molecule has 2 unspecified atom stereocenters. The highest BCUT2D eigenvalue weighted by atomic mass is 32.2. The molecule has 6 heteroatoms. The quantitative estimate of drug-likeness (QED) is 0.492. The lowest BCUT2D eigenvalue weighted by Crippen LogP contribution is -2.47. The summed E-state index contributed by atoms with van der Waals surface area (Å²) in [5.74, 6) is 2.02. The molecule has 1 N–H and O–H groups in total. The Morgan fingerprint density at radius 1 is 0.947 bits per heavy atom. The summed E-state index contributed by atoms with van der Waals surface area (Å²) in [6.07, 6.45) is 11.3. The molecule has 2 atom stereocenters. The molecule has 38 heavy (non-hydrogen) atoms. The van der Waals surface area contributed by atoms with Gasteiger partial charge >= 0.3 is 0 Å². The number of hydrogen-bond acceptors (Lipinski definition) is 4. The summed E-state index contributed by atoms with van der Waals surface area (Å²) in [6, 6.07) is 8.74. The minimum Gasteiger partial charge on any atom is -0.456 e. The summed E-state index contributed by atoms with van der Waals surface area (Å²) < 4.78 is 30.3. The largest absolute Gasteiger partial charge is 0.456 e. The van der Waals surface area contributed by atoms with E-state index in [1.807, 2.05) is 13.0 Å². The summed E-state index contributed by atoms with van der Waals surface area (Å²) in [5.41, 5.74) is 12.2. The molecule has 2 fully saturated rings. The molecule has 0 spiro atoms. The van der Waals surface area contributed by atoms with Crippen LogP contribution < -0.4 is 9.64 Å². The smallest absolute Gasteiger partial charge is 0.187 e. The number of ether oxygens (including phenoxy) is 1. The molecule has 1 aliphatic carbocycles. The van der Waals surface area contributed by atoms with Gasteiger partial charge in [0, 0.05) is 46.6 Å². The van der Waals surface area contributed by atoms with Gasteiger partial charge in [-0.1, -0.05) is 12.1 Å². The van der Waals surface area contributed by atoms with Gasteiger partial charge in [0.1, 0.15) is 11.5 Å². The lowest BCUT2D eigenvalue weighted by Gasteiger charge is -2.47. The number of anilines is 1. The Morgan fingerprint density at radius 2 is 1.74 bits per heavy atom. The van der Waals surface area contributed by atoms with Crippen LogP contribution in [-0.4, -0.2) is 45.9 Å². The van der Waals surface area contributed by atoms with Crippen molar-refractivity contribution in [3.05, 3.63) is 80.6 Å². The molecule has 0 radical (unpaired) electrons. The van der Waals surface area contributed by atoms with Gasteiger partial charge in [0.25, 0.3) is 0 Å². The Morgan fingerprint density at radius 3 is 2.58 bits per heavy atom. The van der Waals surface area contributed by atoms with E-state index in [1.165, 1.54) is 40.8 Å². The molecule has 2 aromatic carbocycles. The summed E-state index contributed by atoms with van der Waals surface area (Å²) in [4.78, 5) is 5.71. The monoisotopic (exact) mass is 526 g/mol. The van der Waals surface area contributed by atoms with Crippen molar-refractivity contribution >= 4 is 22.3 Å². The van der Waals surface area contributed by atoms with Crippen LogP contribution in [0.2, 0.25) is 0 Å². The van der Waals surface area contributed by atoms with Crippen molar-refractivity contribution in [2.45, 2.75) is 69.2 Å². The van der Waals surface area contributed by atoms with Crippen molar-refractivity contribution in [1.29, 1.82) is 0 Å². The molecule has 0 amide bonds. The third kappa shape index (κ3) is 3.33. The molecule has 0 saturated carbocycles. The van der Waals surface area contributed by atoms with Crippen LogP contribution in [0.3, 0.4) is 0 Å². The van der Waals surface area contributed by atoms with Gasteiger partial charge in [0.15, 0.2) is 11.1 Å². The maximum Gasteiger partial charge on any atom is 0.187 e. The van der Waals surface area contributed by atoms with E-state index in [2.05, 4.69) is 34.1 Å². The number of hydrogen-bond donors (Lipinski definition) is 1. The van der Waals surface area contributed by atoms with E-state index in [-0.39, 0.29) is 0 Å². The second kappa shape index (κ2) is 8.67. The van der Waals surface area contributed by atoms with Gasteiger partial charge in [-0.15, -0.1) is 0 Å². The molecule has 5 heterocycles. The lowest BCUT2D eigenvalue weighted by molar-refractivity contribution is 0.178. The molecule has 5 nitrogen and oxygen atoms in total. The Balaban J connectivity index is 1.47. The highest BCUT2D eigenvalue weighted by molar-refractivity contribution is 7.79. The van der Waals surface area contributed by atoms with Gasteiger partial charge in [0.05, 0.1) is 10.9 Å². The molecule has 0 aromatic heterocycles. The first-order valence-electron chi connectivity index (χ1n) is 14.3. The first kappa shape index (κ1) is 23.2. The fraction of sp³-hybridized carbons (Fsp3) is 0.438. The predicted octanol–water partition coefficient (Wildman–Crippen LogP) is 5.92.